The third-order valence-electron chi connectivity index (χ3n) is 2.21. The van der Waals surface area contributed by atoms with Crippen molar-refractivity contribution in [3.05, 3.63) is 16.0 Å². The molecule has 1 heterocycles. The van der Waals surface area contributed by atoms with Crippen molar-refractivity contribution in [3.8, 4) is 0 Å². The Morgan fingerprint density at radius 3 is 2.56 bits per heavy atom. The minimum atomic E-state index is -0.450. The molecule has 0 radical (unpaired) electrons. The van der Waals surface area contributed by atoms with E-state index in [1.165, 1.54) is 18.4 Å². The van der Waals surface area contributed by atoms with E-state index in [-0.39, 0.29) is 12.5 Å². The molecule has 1 amide bonds. The first-order valence-electron chi connectivity index (χ1n) is 4.69. The molecule has 0 unspecified atom stereocenters. The van der Waals surface area contributed by atoms with E-state index in [0.29, 0.717) is 10.6 Å². The maximum atomic E-state index is 11.5. The van der Waals surface area contributed by atoms with Gasteiger partial charge in [0.2, 0.25) is 5.91 Å². The van der Waals surface area contributed by atoms with Crippen LogP contribution in [0.3, 0.4) is 0 Å². The van der Waals surface area contributed by atoms with Crippen LogP contribution in [0.25, 0.3) is 0 Å². The topological polar surface area (TPSA) is 81.4 Å². The summed E-state index contributed by atoms with van der Waals surface area (Å²) in [7, 11) is 1.31. The lowest BCUT2D eigenvalue weighted by atomic mass is 10.1. The van der Waals surface area contributed by atoms with Gasteiger partial charge in [-0.15, -0.1) is 11.3 Å². The number of rotatable bonds is 3. The van der Waals surface area contributed by atoms with Gasteiger partial charge >= 0.3 is 5.97 Å². The minimum absolute atomic E-state index is 0.114. The van der Waals surface area contributed by atoms with Gasteiger partial charge in [-0.25, -0.2) is 4.79 Å². The van der Waals surface area contributed by atoms with Crippen LogP contribution in [-0.4, -0.2) is 25.5 Å². The van der Waals surface area contributed by atoms with E-state index in [9.17, 15) is 9.59 Å². The third-order valence-corrected chi connectivity index (χ3v) is 3.34. The summed E-state index contributed by atoms with van der Waals surface area (Å²) < 4.78 is 4.67. The number of hydrogen-bond acceptors (Lipinski definition) is 5. The molecule has 1 rings (SSSR count). The zero-order valence-corrected chi connectivity index (χ0v) is 10.2. The van der Waals surface area contributed by atoms with Gasteiger partial charge < -0.3 is 15.8 Å². The van der Waals surface area contributed by atoms with Crippen LogP contribution in [0.15, 0.2) is 0 Å². The summed E-state index contributed by atoms with van der Waals surface area (Å²) in [6.07, 6.45) is 0. The van der Waals surface area contributed by atoms with Crippen molar-refractivity contribution in [3.63, 3.8) is 0 Å². The van der Waals surface area contributed by atoms with Gasteiger partial charge in [0.05, 0.1) is 19.2 Å². The number of ether oxygens (including phenoxy) is 1. The van der Waals surface area contributed by atoms with Gasteiger partial charge in [0.25, 0.3) is 0 Å². The van der Waals surface area contributed by atoms with Crippen molar-refractivity contribution >= 4 is 28.2 Å². The van der Waals surface area contributed by atoms with Gasteiger partial charge in [-0.2, -0.15) is 0 Å². The molecule has 1 aromatic rings. The molecule has 0 aliphatic heterocycles. The van der Waals surface area contributed by atoms with E-state index in [0.717, 1.165) is 10.4 Å². The molecule has 0 fully saturated rings. The van der Waals surface area contributed by atoms with E-state index < -0.39 is 5.97 Å². The van der Waals surface area contributed by atoms with Crippen molar-refractivity contribution in [2.75, 3.05) is 19.0 Å². The van der Waals surface area contributed by atoms with Gasteiger partial charge in [0.15, 0.2) is 0 Å². The number of carbonyl (C=O) groups excluding carboxylic acids is 2. The molecule has 16 heavy (non-hydrogen) atoms. The average Bonchev–Trinajstić information content (AvgIpc) is 2.53. The molecule has 0 saturated heterocycles. The molecule has 0 aromatic carbocycles. The molecule has 0 saturated carbocycles. The fourth-order valence-electron chi connectivity index (χ4n) is 1.24. The van der Waals surface area contributed by atoms with Crippen LogP contribution in [0.1, 0.15) is 20.8 Å². The Morgan fingerprint density at radius 1 is 1.44 bits per heavy atom. The summed E-state index contributed by atoms with van der Waals surface area (Å²) in [4.78, 5) is 23.7. The molecule has 88 valence electrons. The Balaban J connectivity index is 3.13. The van der Waals surface area contributed by atoms with E-state index in [1.807, 2.05) is 13.8 Å². The van der Waals surface area contributed by atoms with Gasteiger partial charge in [-0.1, -0.05) is 0 Å². The fourth-order valence-corrected chi connectivity index (χ4v) is 2.31. The number of hydrogen-bond donors (Lipinski definition) is 2. The van der Waals surface area contributed by atoms with Crippen LogP contribution in [0, 0.1) is 13.8 Å². The predicted molar refractivity (Wildman–Crippen MR) is 62.8 cm³/mol. The first-order valence-corrected chi connectivity index (χ1v) is 5.51. The van der Waals surface area contributed by atoms with Crippen molar-refractivity contribution in [1.29, 1.82) is 0 Å². The summed E-state index contributed by atoms with van der Waals surface area (Å²) in [6, 6.07) is 0. The van der Waals surface area contributed by atoms with Crippen molar-refractivity contribution in [2.45, 2.75) is 13.8 Å². The maximum Gasteiger partial charge on any atom is 0.341 e. The molecular formula is C10H14N2O3S. The quantitative estimate of drug-likeness (QED) is 0.776. The number of methoxy groups -OCH3 is 1. The lowest BCUT2D eigenvalue weighted by Crippen LogP contribution is -2.22. The Morgan fingerprint density at radius 2 is 2.06 bits per heavy atom. The highest BCUT2D eigenvalue weighted by Crippen LogP contribution is 2.32. The number of esters is 1. The second-order valence-electron chi connectivity index (χ2n) is 3.23. The summed E-state index contributed by atoms with van der Waals surface area (Å²) >= 11 is 1.34. The first-order chi connectivity index (χ1) is 7.51. The summed E-state index contributed by atoms with van der Waals surface area (Å²) in [6.45, 7) is 3.58. The first kappa shape index (κ1) is 12.7. The molecule has 5 nitrogen and oxygen atoms in total. The van der Waals surface area contributed by atoms with Crippen LogP contribution in [-0.2, 0) is 9.53 Å². The van der Waals surface area contributed by atoms with Crippen LogP contribution >= 0.6 is 11.3 Å². The summed E-state index contributed by atoms with van der Waals surface area (Å²) in [5, 5.41) is 3.09. The molecule has 0 bridgehead atoms. The Bertz CT molecular complexity index is 426. The second kappa shape index (κ2) is 5.09. The largest absolute Gasteiger partial charge is 0.465 e. The number of nitrogens with one attached hydrogen (secondary N) is 1. The second-order valence-corrected chi connectivity index (χ2v) is 4.46. The average molecular weight is 242 g/mol. The standard InChI is InChI=1S/C10H14N2O3S/c1-5-6(2)16-9(12-7(13)4-11)8(5)10(14)15-3/h4,11H2,1-3H3,(H,12,13). The van der Waals surface area contributed by atoms with Crippen LogP contribution in [0.2, 0.25) is 0 Å². The van der Waals surface area contributed by atoms with Gasteiger partial charge in [0, 0.05) is 4.88 Å². The number of nitrogens with two attached hydrogens (primary N) is 1. The minimum Gasteiger partial charge on any atom is -0.465 e. The highest BCUT2D eigenvalue weighted by atomic mass is 32.1. The monoisotopic (exact) mass is 242 g/mol. The number of thiophene rings is 1. The molecule has 0 aliphatic carbocycles. The molecule has 6 heteroatoms. The third kappa shape index (κ3) is 2.40. The molecular weight excluding hydrogens is 228 g/mol. The predicted octanol–water partition coefficient (Wildman–Crippen LogP) is 1.05. The summed E-state index contributed by atoms with van der Waals surface area (Å²) in [5.74, 6) is -0.777. The fraction of sp³-hybridized carbons (Fsp3) is 0.400. The zero-order chi connectivity index (χ0) is 12.3. The normalized spacial score (nSPS) is 10.0. The highest BCUT2D eigenvalue weighted by Gasteiger charge is 2.20. The molecule has 0 atom stereocenters. The lowest BCUT2D eigenvalue weighted by Gasteiger charge is -2.04. The molecule has 1 aromatic heterocycles. The highest BCUT2D eigenvalue weighted by molar-refractivity contribution is 7.16. The van der Waals surface area contributed by atoms with Crippen molar-refractivity contribution in [1.82, 2.24) is 0 Å². The Hall–Kier alpha value is -1.40. The smallest absolute Gasteiger partial charge is 0.341 e. The van der Waals surface area contributed by atoms with Crippen LogP contribution < -0.4 is 11.1 Å². The number of aryl methyl sites for hydroxylation is 1. The van der Waals surface area contributed by atoms with Crippen molar-refractivity contribution in [2.24, 2.45) is 5.73 Å². The van der Waals surface area contributed by atoms with Crippen molar-refractivity contribution < 1.29 is 14.3 Å². The number of carbonyl (C=O) groups is 2. The van der Waals surface area contributed by atoms with Gasteiger partial charge in [0.1, 0.15) is 5.00 Å². The molecule has 0 aliphatic rings. The van der Waals surface area contributed by atoms with Crippen LogP contribution in [0.5, 0.6) is 0 Å². The van der Waals surface area contributed by atoms with E-state index in [4.69, 9.17) is 5.73 Å². The summed E-state index contributed by atoms with van der Waals surface area (Å²) in [5.41, 5.74) is 6.43. The van der Waals surface area contributed by atoms with Gasteiger partial charge in [-0.05, 0) is 19.4 Å². The van der Waals surface area contributed by atoms with Crippen LogP contribution in [0.4, 0.5) is 5.00 Å². The molecule has 0 spiro atoms. The van der Waals surface area contributed by atoms with E-state index in [1.54, 1.807) is 0 Å². The molecule has 3 N–H and O–H groups in total. The Kier molecular flexibility index (Phi) is 4.03. The SMILES string of the molecule is COC(=O)c1c(NC(=O)CN)sc(C)c1C. The van der Waals surface area contributed by atoms with Gasteiger partial charge in [-0.3, -0.25) is 4.79 Å². The lowest BCUT2D eigenvalue weighted by molar-refractivity contribution is -0.114. The van der Waals surface area contributed by atoms with E-state index >= 15 is 0 Å². The van der Waals surface area contributed by atoms with E-state index in [2.05, 4.69) is 10.1 Å². The Labute approximate surface area is 97.6 Å². The number of anilines is 1. The number of amides is 1. The zero-order valence-electron chi connectivity index (χ0n) is 9.42. The maximum absolute atomic E-state index is 11.5.